The molecule has 7 heteroatoms. The maximum Gasteiger partial charge on any atom is 0.227 e. The van der Waals surface area contributed by atoms with Crippen LogP contribution >= 0.6 is 0 Å². The monoisotopic (exact) mass is 366 g/mol. The van der Waals surface area contributed by atoms with Gasteiger partial charge in [0.25, 0.3) is 0 Å². The molecular weight excluding hydrogens is 339 g/mol. The van der Waals surface area contributed by atoms with Gasteiger partial charge in [0.15, 0.2) is 5.72 Å². The van der Waals surface area contributed by atoms with Gasteiger partial charge in [-0.25, -0.2) is 4.39 Å². The van der Waals surface area contributed by atoms with Gasteiger partial charge in [-0.15, -0.1) is 0 Å². The number of halogens is 1. The maximum atomic E-state index is 14.6. The average molecular weight is 366 g/mol. The van der Waals surface area contributed by atoms with Crippen LogP contribution in [0.3, 0.4) is 0 Å². The lowest BCUT2D eigenvalue weighted by molar-refractivity contribution is -0.155. The Morgan fingerprint density at radius 2 is 2.08 bits per heavy atom. The van der Waals surface area contributed by atoms with Gasteiger partial charge >= 0.3 is 0 Å². The molecule has 1 aromatic carbocycles. The molecule has 1 amide bonds. The third kappa shape index (κ3) is 2.78. The molecule has 0 aromatic heterocycles. The second-order valence-electron chi connectivity index (χ2n) is 7.98. The molecule has 1 heterocycles. The van der Waals surface area contributed by atoms with Crippen molar-refractivity contribution in [3.8, 4) is 0 Å². The molecule has 1 aliphatic carbocycles. The van der Waals surface area contributed by atoms with E-state index in [0.717, 1.165) is 12.8 Å². The number of hydrogen-bond donors (Lipinski definition) is 4. The number of nitrogens with one attached hydrogen (secondary N) is 1. The second-order valence-corrected chi connectivity index (χ2v) is 7.98. The molecule has 3 rings (SSSR count). The number of fused-ring (bicyclic) bond motifs is 1. The predicted molar refractivity (Wildman–Crippen MR) is 96.2 cm³/mol. The normalized spacial score (nSPS) is 25.3. The summed E-state index contributed by atoms with van der Waals surface area (Å²) >= 11 is 0. The van der Waals surface area contributed by atoms with E-state index in [9.17, 15) is 24.5 Å². The van der Waals surface area contributed by atoms with Crippen LogP contribution in [0.15, 0.2) is 12.1 Å². The number of benzene rings is 1. The lowest BCUT2D eigenvalue weighted by atomic mass is 9.77. The highest BCUT2D eigenvalue weighted by atomic mass is 19.1. The van der Waals surface area contributed by atoms with E-state index in [1.54, 1.807) is 18.7 Å². The molecule has 0 bridgehead atoms. The van der Waals surface area contributed by atoms with E-state index in [4.69, 9.17) is 0 Å². The summed E-state index contributed by atoms with van der Waals surface area (Å²) in [6.07, 6.45) is 0.923. The molecule has 1 aromatic rings. The van der Waals surface area contributed by atoms with Crippen LogP contribution in [0.4, 0.5) is 15.8 Å². The fraction of sp³-hybridized carbons (Fsp3) is 0.632. The largest absolute Gasteiger partial charge is 0.396 e. The van der Waals surface area contributed by atoms with Gasteiger partial charge in [-0.1, -0.05) is 20.8 Å². The van der Waals surface area contributed by atoms with Gasteiger partial charge in [0, 0.05) is 29.1 Å². The third-order valence-corrected chi connectivity index (χ3v) is 5.54. The van der Waals surface area contributed by atoms with Crippen molar-refractivity contribution < 1.29 is 24.5 Å². The van der Waals surface area contributed by atoms with Gasteiger partial charge in [-0.05, 0) is 31.4 Å². The van der Waals surface area contributed by atoms with Crippen molar-refractivity contribution in [2.24, 2.45) is 11.3 Å². The number of hydrogen-bond acceptors (Lipinski definition) is 5. The molecule has 26 heavy (non-hydrogen) atoms. The first kappa shape index (κ1) is 19.1. The Morgan fingerprint density at radius 3 is 2.62 bits per heavy atom. The maximum absolute atomic E-state index is 14.6. The van der Waals surface area contributed by atoms with E-state index in [1.165, 1.54) is 12.1 Å². The topological polar surface area (TPSA) is 93.0 Å². The van der Waals surface area contributed by atoms with Crippen LogP contribution < -0.4 is 10.2 Å². The van der Waals surface area contributed by atoms with Crippen molar-refractivity contribution in [1.82, 2.24) is 0 Å². The van der Waals surface area contributed by atoms with Crippen LogP contribution in [-0.4, -0.2) is 40.1 Å². The minimum absolute atomic E-state index is 0.00204. The molecule has 4 N–H and O–H groups in total. The highest BCUT2D eigenvalue weighted by Crippen LogP contribution is 2.53. The van der Waals surface area contributed by atoms with E-state index in [2.05, 4.69) is 5.32 Å². The summed E-state index contributed by atoms with van der Waals surface area (Å²) in [6.45, 7) is 5.24. The number of anilines is 2. The van der Waals surface area contributed by atoms with Crippen molar-refractivity contribution in [3.63, 3.8) is 0 Å². The van der Waals surface area contributed by atoms with Crippen LogP contribution in [0.25, 0.3) is 0 Å². The smallest absolute Gasteiger partial charge is 0.227 e. The molecule has 2 aliphatic rings. The number of aliphatic hydroxyl groups is 3. The predicted octanol–water partition coefficient (Wildman–Crippen LogP) is 2.14. The van der Waals surface area contributed by atoms with E-state index in [1.807, 2.05) is 6.92 Å². The Hall–Kier alpha value is -1.70. The Bertz CT molecular complexity index is 720. The molecular formula is C19H27FN2O4. The molecule has 0 spiro atoms. The first-order valence-electron chi connectivity index (χ1n) is 9.10. The molecule has 144 valence electrons. The van der Waals surface area contributed by atoms with Gasteiger partial charge in [-0.3, -0.25) is 4.79 Å². The number of carbonyl (C=O) groups is 1. The van der Waals surface area contributed by atoms with Crippen molar-refractivity contribution in [2.45, 2.75) is 51.9 Å². The average Bonchev–Trinajstić information content (AvgIpc) is 3.42. The highest BCUT2D eigenvalue weighted by Gasteiger charge is 2.58. The molecule has 1 aliphatic heterocycles. The van der Waals surface area contributed by atoms with Crippen LogP contribution in [0.5, 0.6) is 0 Å². The standard InChI is InChI=1S/C19H27FN2O4/c1-4-7-22-15-9-13(20)14(21-17(25)11-5-6-11)8-12(15)16(24)19(22,26)18(2,3)10-23/h8-9,11,16,23-24,26H,4-7,10H2,1-3H3,(H,21,25). The fourth-order valence-electron chi connectivity index (χ4n) is 3.62. The van der Waals surface area contributed by atoms with Gasteiger partial charge in [0.05, 0.1) is 12.3 Å². The molecule has 0 saturated heterocycles. The summed E-state index contributed by atoms with van der Waals surface area (Å²) in [5.74, 6) is -0.917. The van der Waals surface area contributed by atoms with Crippen LogP contribution in [0.1, 0.15) is 51.7 Å². The molecule has 0 radical (unpaired) electrons. The molecule has 1 saturated carbocycles. The zero-order valence-corrected chi connectivity index (χ0v) is 15.4. The van der Waals surface area contributed by atoms with Crippen molar-refractivity contribution in [2.75, 3.05) is 23.4 Å². The Morgan fingerprint density at radius 1 is 1.42 bits per heavy atom. The lowest BCUT2D eigenvalue weighted by Crippen LogP contribution is -2.60. The van der Waals surface area contributed by atoms with Gasteiger partial charge in [0.2, 0.25) is 5.91 Å². The van der Waals surface area contributed by atoms with Gasteiger partial charge in [-0.2, -0.15) is 0 Å². The summed E-state index contributed by atoms with van der Waals surface area (Å²) in [4.78, 5) is 13.5. The van der Waals surface area contributed by atoms with Crippen LogP contribution in [0.2, 0.25) is 0 Å². The first-order valence-corrected chi connectivity index (χ1v) is 9.10. The summed E-state index contributed by atoms with van der Waals surface area (Å²) in [7, 11) is 0. The minimum Gasteiger partial charge on any atom is -0.396 e. The molecule has 2 atom stereocenters. The number of nitrogens with zero attached hydrogens (tertiary/aromatic N) is 1. The number of amides is 1. The van der Waals surface area contributed by atoms with Crippen molar-refractivity contribution in [3.05, 3.63) is 23.5 Å². The van der Waals surface area contributed by atoms with E-state index < -0.39 is 23.1 Å². The van der Waals surface area contributed by atoms with Crippen molar-refractivity contribution in [1.29, 1.82) is 0 Å². The van der Waals surface area contributed by atoms with E-state index in [0.29, 0.717) is 24.2 Å². The second kappa shape index (κ2) is 6.48. The number of aliphatic hydroxyl groups excluding tert-OH is 2. The van der Waals surface area contributed by atoms with Crippen molar-refractivity contribution >= 4 is 17.3 Å². The third-order valence-electron chi connectivity index (χ3n) is 5.54. The number of rotatable bonds is 6. The SMILES string of the molecule is CCCN1c2cc(F)c(NC(=O)C3CC3)cc2C(O)C1(O)C(C)(C)CO. The number of carbonyl (C=O) groups excluding carboxylic acids is 1. The van der Waals surface area contributed by atoms with Crippen LogP contribution in [-0.2, 0) is 4.79 Å². The zero-order valence-electron chi connectivity index (χ0n) is 15.4. The molecule has 6 nitrogen and oxygen atoms in total. The fourth-order valence-corrected chi connectivity index (χ4v) is 3.62. The van der Waals surface area contributed by atoms with Crippen LogP contribution in [0, 0.1) is 17.2 Å². The molecule has 1 fully saturated rings. The zero-order chi connectivity index (χ0) is 19.3. The lowest BCUT2D eigenvalue weighted by Gasteiger charge is -2.47. The highest BCUT2D eigenvalue weighted by molar-refractivity contribution is 5.94. The van der Waals surface area contributed by atoms with Gasteiger partial charge in [0.1, 0.15) is 11.9 Å². The van der Waals surface area contributed by atoms with E-state index >= 15 is 0 Å². The molecule has 2 unspecified atom stereocenters. The minimum atomic E-state index is -1.79. The Kier molecular flexibility index (Phi) is 4.75. The quantitative estimate of drug-likeness (QED) is 0.619. The van der Waals surface area contributed by atoms with E-state index in [-0.39, 0.29) is 24.1 Å². The summed E-state index contributed by atoms with van der Waals surface area (Å²) in [5.41, 5.74) is -2.12. The summed E-state index contributed by atoms with van der Waals surface area (Å²) in [6, 6.07) is 2.63. The van der Waals surface area contributed by atoms with Gasteiger partial charge < -0.3 is 25.5 Å². The Balaban J connectivity index is 2.04. The Labute approximate surface area is 152 Å². The summed E-state index contributed by atoms with van der Waals surface area (Å²) < 4.78 is 14.6. The summed E-state index contributed by atoms with van der Waals surface area (Å²) in [5, 5.41) is 34.6. The first-order chi connectivity index (χ1) is 12.2.